The molecule has 3 aliphatic heterocycles. The largest absolute Gasteiger partial charge is 0.367 e. The van der Waals surface area contributed by atoms with E-state index in [1.807, 2.05) is 0 Å². The minimum Gasteiger partial charge on any atom is -0.367 e. The van der Waals surface area contributed by atoms with E-state index in [9.17, 15) is 0 Å². The van der Waals surface area contributed by atoms with Crippen molar-refractivity contribution in [1.82, 2.24) is 20.4 Å². The molecule has 6 heteroatoms. The Kier molecular flexibility index (Phi) is 3.05. The lowest BCUT2D eigenvalue weighted by molar-refractivity contribution is -0.0548. The van der Waals surface area contributed by atoms with Gasteiger partial charge in [0.1, 0.15) is 6.10 Å². The van der Waals surface area contributed by atoms with E-state index in [-0.39, 0.29) is 11.6 Å². The second kappa shape index (κ2) is 4.79. The van der Waals surface area contributed by atoms with E-state index in [0.717, 1.165) is 32.5 Å². The second-order valence-electron chi connectivity index (χ2n) is 6.43. The highest BCUT2D eigenvalue weighted by Gasteiger charge is 2.38. The number of ether oxygens (including phenoxy) is 1. The summed E-state index contributed by atoms with van der Waals surface area (Å²) in [6.07, 6.45) is 4.71. The van der Waals surface area contributed by atoms with Gasteiger partial charge in [-0.2, -0.15) is 4.98 Å². The first-order chi connectivity index (χ1) is 9.74. The SMILES string of the molecule is CC1(c2nc(C3CN4CCCC4CO3)no2)CCCN1. The van der Waals surface area contributed by atoms with Crippen LogP contribution < -0.4 is 5.32 Å². The van der Waals surface area contributed by atoms with E-state index < -0.39 is 0 Å². The summed E-state index contributed by atoms with van der Waals surface area (Å²) in [5.41, 5.74) is -0.157. The van der Waals surface area contributed by atoms with Crippen LogP contribution in [0.2, 0.25) is 0 Å². The minimum absolute atomic E-state index is 0.0353. The molecule has 0 bridgehead atoms. The normalized spacial score (nSPS) is 38.2. The minimum atomic E-state index is -0.157. The Morgan fingerprint density at radius 3 is 3.20 bits per heavy atom. The maximum atomic E-state index is 5.94. The van der Waals surface area contributed by atoms with Crippen molar-refractivity contribution >= 4 is 0 Å². The third-order valence-electron chi connectivity index (χ3n) is 4.96. The predicted octanol–water partition coefficient (Wildman–Crippen LogP) is 1.20. The zero-order chi connectivity index (χ0) is 13.6. The lowest BCUT2D eigenvalue weighted by Gasteiger charge is -2.33. The van der Waals surface area contributed by atoms with E-state index in [2.05, 4.69) is 27.3 Å². The third kappa shape index (κ3) is 2.06. The van der Waals surface area contributed by atoms with Crippen molar-refractivity contribution in [3.8, 4) is 0 Å². The van der Waals surface area contributed by atoms with Crippen LogP contribution >= 0.6 is 0 Å². The zero-order valence-electron chi connectivity index (χ0n) is 12.0. The highest BCUT2D eigenvalue weighted by molar-refractivity contribution is 5.06. The Morgan fingerprint density at radius 2 is 2.35 bits per heavy atom. The summed E-state index contributed by atoms with van der Waals surface area (Å²) in [6, 6.07) is 0.603. The molecule has 1 N–H and O–H groups in total. The molecule has 0 aliphatic carbocycles. The summed E-state index contributed by atoms with van der Waals surface area (Å²) in [7, 11) is 0. The van der Waals surface area contributed by atoms with Crippen molar-refractivity contribution in [2.24, 2.45) is 0 Å². The van der Waals surface area contributed by atoms with Gasteiger partial charge in [0.25, 0.3) is 0 Å². The van der Waals surface area contributed by atoms with Crippen LogP contribution in [-0.4, -0.2) is 47.3 Å². The Labute approximate surface area is 118 Å². The van der Waals surface area contributed by atoms with Crippen molar-refractivity contribution < 1.29 is 9.26 Å². The van der Waals surface area contributed by atoms with Crippen LogP contribution in [0.25, 0.3) is 0 Å². The summed E-state index contributed by atoms with van der Waals surface area (Å²) in [4.78, 5) is 7.11. The van der Waals surface area contributed by atoms with Crippen LogP contribution in [-0.2, 0) is 10.3 Å². The van der Waals surface area contributed by atoms with Crippen LogP contribution in [0, 0.1) is 0 Å². The lowest BCUT2D eigenvalue weighted by Crippen LogP contribution is -2.42. The summed E-state index contributed by atoms with van der Waals surface area (Å²) in [5.74, 6) is 1.41. The molecule has 4 heterocycles. The van der Waals surface area contributed by atoms with Gasteiger partial charge in [-0.05, 0) is 45.7 Å². The van der Waals surface area contributed by atoms with Crippen molar-refractivity contribution in [2.75, 3.05) is 26.2 Å². The molecule has 20 heavy (non-hydrogen) atoms. The molecule has 110 valence electrons. The van der Waals surface area contributed by atoms with Crippen molar-refractivity contribution in [3.05, 3.63) is 11.7 Å². The topological polar surface area (TPSA) is 63.4 Å². The Morgan fingerprint density at radius 1 is 1.40 bits per heavy atom. The molecular formula is C14H22N4O2. The number of morpholine rings is 1. The highest BCUT2D eigenvalue weighted by Crippen LogP contribution is 2.32. The van der Waals surface area contributed by atoms with Crippen LogP contribution in [0.5, 0.6) is 0 Å². The first-order valence-corrected chi connectivity index (χ1v) is 7.69. The average Bonchev–Trinajstić information content (AvgIpc) is 3.18. The van der Waals surface area contributed by atoms with E-state index >= 15 is 0 Å². The van der Waals surface area contributed by atoms with Crippen LogP contribution in [0.15, 0.2) is 4.52 Å². The smallest absolute Gasteiger partial charge is 0.246 e. The fourth-order valence-corrected chi connectivity index (χ4v) is 3.64. The van der Waals surface area contributed by atoms with Gasteiger partial charge in [-0.1, -0.05) is 5.16 Å². The van der Waals surface area contributed by atoms with Crippen molar-refractivity contribution in [2.45, 2.75) is 50.3 Å². The maximum absolute atomic E-state index is 5.94. The monoisotopic (exact) mass is 278 g/mol. The van der Waals surface area contributed by atoms with Gasteiger partial charge >= 0.3 is 0 Å². The highest BCUT2D eigenvalue weighted by atomic mass is 16.5. The number of aromatic nitrogens is 2. The van der Waals surface area contributed by atoms with E-state index in [1.165, 1.54) is 19.4 Å². The van der Waals surface area contributed by atoms with E-state index in [4.69, 9.17) is 9.26 Å². The number of fused-ring (bicyclic) bond motifs is 1. The number of nitrogens with one attached hydrogen (secondary N) is 1. The van der Waals surface area contributed by atoms with Gasteiger partial charge in [-0.15, -0.1) is 0 Å². The van der Waals surface area contributed by atoms with Gasteiger partial charge < -0.3 is 14.6 Å². The Balaban J connectivity index is 1.50. The maximum Gasteiger partial charge on any atom is 0.246 e. The molecule has 4 rings (SSSR count). The van der Waals surface area contributed by atoms with Crippen LogP contribution in [0.3, 0.4) is 0 Å². The van der Waals surface area contributed by atoms with Crippen molar-refractivity contribution in [1.29, 1.82) is 0 Å². The molecular weight excluding hydrogens is 256 g/mol. The van der Waals surface area contributed by atoms with E-state index in [0.29, 0.717) is 17.8 Å². The Bertz CT molecular complexity index is 483. The van der Waals surface area contributed by atoms with E-state index in [1.54, 1.807) is 0 Å². The standard InChI is InChI=1S/C14H22N4O2/c1-14(5-3-6-15-14)13-16-12(17-20-13)11-8-18-7-2-4-10(18)9-19-11/h10-11,15H,2-9H2,1H3. The quantitative estimate of drug-likeness (QED) is 0.877. The molecule has 0 radical (unpaired) electrons. The number of hydrogen-bond donors (Lipinski definition) is 1. The first kappa shape index (κ1) is 12.7. The fraction of sp³-hybridized carbons (Fsp3) is 0.857. The molecule has 0 amide bonds. The first-order valence-electron chi connectivity index (χ1n) is 7.69. The molecule has 3 aliphatic rings. The van der Waals surface area contributed by atoms with Crippen LogP contribution in [0.1, 0.15) is 50.4 Å². The Hall–Kier alpha value is -0.980. The number of nitrogens with zero attached hydrogens (tertiary/aromatic N) is 3. The molecule has 3 fully saturated rings. The molecule has 6 nitrogen and oxygen atoms in total. The van der Waals surface area contributed by atoms with Gasteiger partial charge in [0, 0.05) is 12.6 Å². The van der Waals surface area contributed by atoms with Crippen LogP contribution in [0.4, 0.5) is 0 Å². The molecule has 0 spiro atoms. The van der Waals surface area contributed by atoms with Gasteiger partial charge in [0.05, 0.1) is 12.1 Å². The van der Waals surface area contributed by atoms with Gasteiger partial charge in [0.15, 0.2) is 0 Å². The second-order valence-corrected chi connectivity index (χ2v) is 6.43. The molecule has 3 saturated heterocycles. The van der Waals surface area contributed by atoms with Gasteiger partial charge in [0.2, 0.25) is 11.7 Å². The summed E-state index contributed by atoms with van der Waals surface area (Å²) in [5, 5.41) is 7.62. The summed E-state index contributed by atoms with van der Waals surface area (Å²) < 4.78 is 11.4. The molecule has 1 aromatic heterocycles. The van der Waals surface area contributed by atoms with Gasteiger partial charge in [-0.3, -0.25) is 4.90 Å². The molecule has 3 atom stereocenters. The summed E-state index contributed by atoms with van der Waals surface area (Å²) >= 11 is 0. The zero-order valence-corrected chi connectivity index (χ0v) is 12.0. The molecule has 1 aromatic rings. The molecule has 0 aromatic carbocycles. The predicted molar refractivity (Wildman–Crippen MR) is 72.2 cm³/mol. The average molecular weight is 278 g/mol. The number of hydrogen-bond acceptors (Lipinski definition) is 6. The van der Waals surface area contributed by atoms with Crippen molar-refractivity contribution in [3.63, 3.8) is 0 Å². The fourth-order valence-electron chi connectivity index (χ4n) is 3.64. The molecule has 0 saturated carbocycles. The van der Waals surface area contributed by atoms with Gasteiger partial charge in [-0.25, -0.2) is 0 Å². The molecule has 3 unspecified atom stereocenters. The number of rotatable bonds is 2. The lowest BCUT2D eigenvalue weighted by atomic mass is 10.0. The third-order valence-corrected chi connectivity index (χ3v) is 4.96. The summed E-state index contributed by atoms with van der Waals surface area (Å²) in [6.45, 7) is 6.02.